The van der Waals surface area contributed by atoms with Crippen molar-refractivity contribution >= 4 is 16.9 Å². The maximum Gasteiger partial charge on any atom is 0.330 e. The highest BCUT2D eigenvalue weighted by molar-refractivity contribution is 5.87. The molecule has 5 nitrogen and oxygen atoms in total. The lowest BCUT2D eigenvalue weighted by Gasteiger charge is -2.29. The Kier molecular flexibility index (Phi) is 4.22. The van der Waals surface area contributed by atoms with Crippen LogP contribution in [0.25, 0.3) is 11.2 Å². The molecule has 0 aliphatic carbocycles. The van der Waals surface area contributed by atoms with Crippen LogP contribution in [-0.2, 0) is 13.6 Å². The van der Waals surface area contributed by atoms with E-state index in [2.05, 4.69) is 9.88 Å². The second-order valence-corrected chi connectivity index (χ2v) is 6.71. The van der Waals surface area contributed by atoms with Gasteiger partial charge >= 0.3 is 5.69 Å². The third kappa shape index (κ3) is 2.77. The van der Waals surface area contributed by atoms with Crippen LogP contribution in [0.2, 0.25) is 0 Å². The number of benzene rings is 1. The number of aromatic nitrogens is 3. The van der Waals surface area contributed by atoms with E-state index in [-0.39, 0.29) is 17.8 Å². The minimum atomic E-state index is -0.529. The quantitative estimate of drug-likeness (QED) is 0.723. The van der Waals surface area contributed by atoms with Gasteiger partial charge in [0.25, 0.3) is 0 Å². The Hall–Kier alpha value is -2.70. The van der Waals surface area contributed by atoms with E-state index in [1.807, 2.05) is 6.07 Å². The van der Waals surface area contributed by atoms with Crippen molar-refractivity contribution in [3.8, 4) is 0 Å². The van der Waals surface area contributed by atoms with Crippen molar-refractivity contribution in [3.63, 3.8) is 0 Å². The van der Waals surface area contributed by atoms with Gasteiger partial charge in [0, 0.05) is 31.9 Å². The summed E-state index contributed by atoms with van der Waals surface area (Å²) in [5, 5.41) is 0. The third-order valence-corrected chi connectivity index (χ3v) is 5.02. The second-order valence-electron chi connectivity index (χ2n) is 6.71. The summed E-state index contributed by atoms with van der Waals surface area (Å²) >= 11 is 0. The molecule has 0 unspecified atom stereocenters. The lowest BCUT2D eigenvalue weighted by atomic mass is 10.1. The maximum absolute atomic E-state index is 14.1. The van der Waals surface area contributed by atoms with Crippen molar-refractivity contribution in [1.82, 2.24) is 14.1 Å². The van der Waals surface area contributed by atoms with Crippen molar-refractivity contribution in [2.24, 2.45) is 7.05 Å². The fourth-order valence-electron chi connectivity index (χ4n) is 3.68. The highest BCUT2D eigenvalue weighted by atomic mass is 19.1. The molecule has 1 aliphatic heterocycles. The van der Waals surface area contributed by atoms with Gasteiger partial charge in [0.05, 0.1) is 12.2 Å². The van der Waals surface area contributed by atoms with Gasteiger partial charge in [0.15, 0.2) is 5.65 Å². The van der Waals surface area contributed by atoms with Crippen LogP contribution in [0.1, 0.15) is 24.8 Å². The van der Waals surface area contributed by atoms with Crippen LogP contribution in [0.3, 0.4) is 0 Å². The Labute approximate surface area is 149 Å². The molecule has 1 aromatic carbocycles. The predicted octanol–water partition coefficient (Wildman–Crippen LogP) is 3.05. The van der Waals surface area contributed by atoms with E-state index in [0.29, 0.717) is 11.2 Å². The Morgan fingerprint density at radius 3 is 2.65 bits per heavy atom. The van der Waals surface area contributed by atoms with Gasteiger partial charge in [-0.05, 0) is 43.5 Å². The van der Waals surface area contributed by atoms with E-state index in [1.54, 1.807) is 13.2 Å². The smallest absolute Gasteiger partial charge is 0.330 e. The van der Waals surface area contributed by atoms with E-state index >= 15 is 0 Å². The molecule has 4 rings (SSSR count). The van der Waals surface area contributed by atoms with Crippen molar-refractivity contribution < 1.29 is 8.78 Å². The van der Waals surface area contributed by atoms with E-state index < -0.39 is 11.6 Å². The van der Waals surface area contributed by atoms with Crippen molar-refractivity contribution in [2.75, 3.05) is 18.0 Å². The zero-order valence-electron chi connectivity index (χ0n) is 14.6. The molecule has 0 radical (unpaired) electrons. The first kappa shape index (κ1) is 16.8. The van der Waals surface area contributed by atoms with E-state index in [4.69, 9.17) is 0 Å². The highest BCUT2D eigenvalue weighted by Crippen LogP contribution is 2.28. The zero-order valence-corrected chi connectivity index (χ0v) is 14.6. The number of anilines is 1. The Morgan fingerprint density at radius 1 is 1.12 bits per heavy atom. The molecule has 0 N–H and O–H groups in total. The number of hydrogen-bond acceptors (Lipinski definition) is 3. The number of pyridine rings is 1. The van der Waals surface area contributed by atoms with Gasteiger partial charge in [-0.15, -0.1) is 0 Å². The molecule has 26 heavy (non-hydrogen) atoms. The second kappa shape index (κ2) is 6.55. The highest BCUT2D eigenvalue weighted by Gasteiger charge is 2.21. The third-order valence-electron chi connectivity index (χ3n) is 5.02. The molecule has 2 aromatic heterocycles. The summed E-state index contributed by atoms with van der Waals surface area (Å²) in [7, 11) is 1.65. The molecule has 1 saturated heterocycles. The molecule has 0 spiro atoms. The van der Waals surface area contributed by atoms with Gasteiger partial charge in [-0.25, -0.2) is 18.6 Å². The number of nitrogens with zero attached hydrogens (tertiary/aromatic N) is 4. The number of imidazole rings is 1. The fraction of sp³-hybridized carbons (Fsp3) is 0.368. The van der Waals surface area contributed by atoms with E-state index in [9.17, 15) is 13.6 Å². The van der Waals surface area contributed by atoms with Crippen LogP contribution >= 0.6 is 0 Å². The molecule has 0 bridgehead atoms. The molecule has 136 valence electrons. The minimum Gasteiger partial charge on any atom is -0.370 e. The lowest BCUT2D eigenvalue weighted by molar-refractivity contribution is 0.572. The summed E-state index contributed by atoms with van der Waals surface area (Å²) in [6.45, 7) is 1.79. The Balaban J connectivity index is 1.89. The topological polar surface area (TPSA) is 43.1 Å². The molecule has 3 heterocycles. The predicted molar refractivity (Wildman–Crippen MR) is 96.5 cm³/mol. The minimum absolute atomic E-state index is 0.0354. The van der Waals surface area contributed by atoms with Crippen LogP contribution in [0, 0.1) is 11.6 Å². The molecule has 1 fully saturated rings. The van der Waals surface area contributed by atoms with Crippen molar-refractivity contribution in [2.45, 2.75) is 25.8 Å². The molecular formula is C19H20F2N4O. The zero-order chi connectivity index (χ0) is 18.3. The largest absolute Gasteiger partial charge is 0.370 e. The Morgan fingerprint density at radius 2 is 1.88 bits per heavy atom. The number of rotatable bonds is 3. The monoisotopic (exact) mass is 358 g/mol. The van der Waals surface area contributed by atoms with Crippen molar-refractivity contribution in [3.05, 3.63) is 58.1 Å². The first-order chi connectivity index (χ1) is 12.6. The van der Waals surface area contributed by atoms with Gasteiger partial charge in [0.2, 0.25) is 0 Å². The number of aryl methyl sites for hydroxylation is 1. The van der Waals surface area contributed by atoms with E-state index in [1.165, 1.54) is 15.6 Å². The summed E-state index contributed by atoms with van der Waals surface area (Å²) in [4.78, 5) is 19.4. The van der Waals surface area contributed by atoms with Crippen LogP contribution in [0.4, 0.5) is 14.5 Å². The standard InChI is InChI=1S/C19H20F2N4O/c1-23-18-17(16(7-8-22-18)24-9-3-2-4-10-24)25(19(23)26)12-13-11-14(20)5-6-15(13)21/h5-8,11H,2-4,9-10,12H2,1H3. The van der Waals surface area contributed by atoms with Crippen molar-refractivity contribution in [1.29, 1.82) is 0 Å². The Bertz CT molecular complexity index is 1020. The molecule has 0 saturated carbocycles. The molecule has 3 aromatic rings. The first-order valence-electron chi connectivity index (χ1n) is 8.79. The lowest BCUT2D eigenvalue weighted by Crippen LogP contribution is -2.30. The van der Waals surface area contributed by atoms with Gasteiger partial charge in [-0.1, -0.05) is 0 Å². The average molecular weight is 358 g/mol. The SMILES string of the molecule is Cn1c(=O)n(Cc2cc(F)ccc2F)c2c(N3CCCCC3)ccnc21. The number of fused-ring (bicyclic) bond motifs is 1. The molecule has 7 heteroatoms. The van der Waals surface area contributed by atoms with Crippen LogP contribution < -0.4 is 10.6 Å². The fourth-order valence-corrected chi connectivity index (χ4v) is 3.68. The number of halogens is 2. The van der Waals surface area contributed by atoms with Crippen LogP contribution in [-0.4, -0.2) is 27.2 Å². The van der Waals surface area contributed by atoms with Gasteiger partial charge < -0.3 is 4.90 Å². The normalized spacial score (nSPS) is 15.0. The maximum atomic E-state index is 14.1. The summed E-state index contributed by atoms with van der Waals surface area (Å²) in [5.41, 5.74) is 2.00. The summed E-state index contributed by atoms with van der Waals surface area (Å²) in [6.07, 6.45) is 5.08. The number of piperidine rings is 1. The molecule has 1 aliphatic rings. The molecule has 0 atom stereocenters. The average Bonchev–Trinajstić information content (AvgIpc) is 2.90. The summed E-state index contributed by atoms with van der Waals surface area (Å²) in [6, 6.07) is 5.19. The van der Waals surface area contributed by atoms with Gasteiger partial charge in [0.1, 0.15) is 17.2 Å². The summed E-state index contributed by atoms with van der Waals surface area (Å²) < 4.78 is 30.6. The molecular weight excluding hydrogens is 338 g/mol. The van der Waals surface area contributed by atoms with E-state index in [0.717, 1.165) is 49.8 Å². The summed E-state index contributed by atoms with van der Waals surface area (Å²) in [5.74, 6) is -1.05. The molecule has 0 amide bonds. The van der Waals surface area contributed by atoms with Crippen LogP contribution in [0.15, 0.2) is 35.3 Å². The number of hydrogen-bond donors (Lipinski definition) is 0. The van der Waals surface area contributed by atoms with Gasteiger partial charge in [-0.3, -0.25) is 9.13 Å². The van der Waals surface area contributed by atoms with Gasteiger partial charge in [-0.2, -0.15) is 0 Å². The van der Waals surface area contributed by atoms with Crippen LogP contribution in [0.5, 0.6) is 0 Å². The first-order valence-corrected chi connectivity index (χ1v) is 8.79.